The van der Waals surface area contributed by atoms with Gasteiger partial charge in [0.15, 0.2) is 0 Å². The number of hydrogen-bond acceptors (Lipinski definition) is 4. The summed E-state index contributed by atoms with van der Waals surface area (Å²) in [6, 6.07) is 6.80. The highest BCUT2D eigenvalue weighted by molar-refractivity contribution is 5.93. The Kier molecular flexibility index (Phi) is 6.53. The van der Waals surface area contributed by atoms with Crippen molar-refractivity contribution in [3.05, 3.63) is 23.8 Å². The van der Waals surface area contributed by atoms with Gasteiger partial charge in [-0.25, -0.2) is 0 Å². The zero-order valence-corrected chi connectivity index (χ0v) is 17.3. The Morgan fingerprint density at radius 3 is 2.96 bits per heavy atom. The highest BCUT2D eigenvalue weighted by Crippen LogP contribution is 2.27. The summed E-state index contributed by atoms with van der Waals surface area (Å²) in [5.41, 5.74) is 2.13. The van der Waals surface area contributed by atoms with E-state index in [2.05, 4.69) is 28.1 Å². The monoisotopic (exact) mass is 385 g/mol. The molecule has 0 bridgehead atoms. The minimum atomic E-state index is 0.111. The minimum absolute atomic E-state index is 0.111. The van der Waals surface area contributed by atoms with Crippen LogP contribution >= 0.6 is 0 Å². The lowest BCUT2D eigenvalue weighted by atomic mass is 9.95. The molecule has 1 N–H and O–H groups in total. The van der Waals surface area contributed by atoms with Crippen molar-refractivity contribution in [2.75, 3.05) is 44.6 Å². The third-order valence-corrected chi connectivity index (χ3v) is 6.68. The van der Waals surface area contributed by atoms with E-state index in [9.17, 15) is 4.79 Å². The summed E-state index contributed by atoms with van der Waals surface area (Å²) in [4.78, 5) is 16.8. The number of benzene rings is 1. The Bertz CT molecular complexity index is 678. The molecule has 3 heterocycles. The first-order valence-corrected chi connectivity index (χ1v) is 11.2. The summed E-state index contributed by atoms with van der Waals surface area (Å²) in [5.74, 6) is 1.84. The third-order valence-electron chi connectivity index (χ3n) is 6.68. The molecule has 2 saturated heterocycles. The maximum Gasteiger partial charge on any atom is 0.224 e. The first-order valence-electron chi connectivity index (χ1n) is 11.2. The van der Waals surface area contributed by atoms with Gasteiger partial charge in [-0.3, -0.25) is 9.69 Å². The molecule has 2 atom stereocenters. The number of nitrogens with zero attached hydrogens (tertiary/aromatic N) is 2. The summed E-state index contributed by atoms with van der Waals surface area (Å²) in [6.07, 6.45) is 8.21. The van der Waals surface area contributed by atoms with Crippen LogP contribution < -0.4 is 10.1 Å². The molecule has 4 rings (SSSR count). The number of carbonyl (C=O) groups excluding carboxylic acids is 1. The molecule has 1 amide bonds. The fourth-order valence-electron chi connectivity index (χ4n) is 5.01. The molecule has 154 valence electrons. The van der Waals surface area contributed by atoms with Crippen LogP contribution in [0.2, 0.25) is 0 Å². The predicted octanol–water partition coefficient (Wildman–Crippen LogP) is 3.54. The molecule has 0 aliphatic carbocycles. The number of fused-ring (bicyclic) bond motifs is 1. The summed E-state index contributed by atoms with van der Waals surface area (Å²) >= 11 is 0. The highest BCUT2D eigenvalue weighted by atomic mass is 16.5. The average Bonchev–Trinajstić information content (AvgIpc) is 2.70. The van der Waals surface area contributed by atoms with Gasteiger partial charge in [0.2, 0.25) is 5.91 Å². The van der Waals surface area contributed by atoms with Gasteiger partial charge in [-0.05, 0) is 81.8 Å². The SMILES string of the molecule is CC1CCCCN1CC1CCCN(CCOc2ccc3c(c2)CCC(=O)N3)C1. The molecule has 0 spiro atoms. The van der Waals surface area contributed by atoms with Gasteiger partial charge < -0.3 is 15.0 Å². The van der Waals surface area contributed by atoms with Gasteiger partial charge in [0.05, 0.1) is 0 Å². The zero-order chi connectivity index (χ0) is 19.3. The number of piperidine rings is 2. The Morgan fingerprint density at radius 2 is 2.07 bits per heavy atom. The molecule has 3 aliphatic rings. The number of likely N-dealkylation sites (tertiary alicyclic amines) is 2. The van der Waals surface area contributed by atoms with Crippen molar-refractivity contribution in [2.45, 2.75) is 57.9 Å². The smallest absolute Gasteiger partial charge is 0.224 e. The van der Waals surface area contributed by atoms with Crippen molar-refractivity contribution >= 4 is 11.6 Å². The van der Waals surface area contributed by atoms with Crippen molar-refractivity contribution in [1.82, 2.24) is 9.80 Å². The van der Waals surface area contributed by atoms with Gasteiger partial charge in [0.25, 0.3) is 0 Å². The number of ether oxygens (including phenoxy) is 1. The fourth-order valence-corrected chi connectivity index (χ4v) is 5.01. The van der Waals surface area contributed by atoms with E-state index in [1.807, 2.05) is 12.1 Å². The van der Waals surface area contributed by atoms with Crippen molar-refractivity contribution in [3.63, 3.8) is 0 Å². The summed E-state index contributed by atoms with van der Waals surface area (Å²) in [6.45, 7) is 9.11. The molecule has 3 aliphatic heterocycles. The highest BCUT2D eigenvalue weighted by Gasteiger charge is 2.25. The molecule has 28 heavy (non-hydrogen) atoms. The van der Waals surface area contributed by atoms with E-state index in [0.29, 0.717) is 6.42 Å². The van der Waals surface area contributed by atoms with E-state index in [0.717, 1.165) is 43.0 Å². The molecule has 0 radical (unpaired) electrons. The Labute approximate surface area is 169 Å². The maximum atomic E-state index is 11.5. The number of aryl methyl sites for hydroxylation is 1. The maximum absolute atomic E-state index is 11.5. The topological polar surface area (TPSA) is 44.8 Å². The lowest BCUT2D eigenvalue weighted by molar-refractivity contribution is -0.116. The van der Waals surface area contributed by atoms with Crippen LogP contribution in [0.25, 0.3) is 0 Å². The fraction of sp³-hybridized carbons (Fsp3) is 0.696. The van der Waals surface area contributed by atoms with Gasteiger partial charge in [-0.15, -0.1) is 0 Å². The first kappa shape index (κ1) is 19.7. The van der Waals surface area contributed by atoms with Crippen LogP contribution in [-0.4, -0.2) is 61.1 Å². The lowest BCUT2D eigenvalue weighted by Crippen LogP contribution is -2.46. The van der Waals surface area contributed by atoms with Gasteiger partial charge in [0, 0.05) is 37.8 Å². The number of nitrogens with one attached hydrogen (secondary N) is 1. The van der Waals surface area contributed by atoms with Crippen molar-refractivity contribution < 1.29 is 9.53 Å². The molecular weight excluding hydrogens is 350 g/mol. The quantitative estimate of drug-likeness (QED) is 0.814. The van der Waals surface area contributed by atoms with Crippen molar-refractivity contribution in [3.8, 4) is 5.75 Å². The van der Waals surface area contributed by atoms with E-state index in [1.54, 1.807) is 0 Å². The minimum Gasteiger partial charge on any atom is -0.492 e. The summed E-state index contributed by atoms with van der Waals surface area (Å²) < 4.78 is 6.04. The standard InChI is InChI=1S/C23H35N3O2/c1-18-5-2-3-12-26(18)17-19-6-4-11-25(16-19)13-14-28-21-8-9-22-20(15-21)7-10-23(27)24-22/h8-9,15,18-19H,2-7,10-14,16-17H2,1H3,(H,24,27). The van der Waals surface area contributed by atoms with E-state index in [-0.39, 0.29) is 5.91 Å². The van der Waals surface area contributed by atoms with Gasteiger partial charge in [-0.1, -0.05) is 6.42 Å². The van der Waals surface area contributed by atoms with E-state index >= 15 is 0 Å². The average molecular weight is 386 g/mol. The van der Waals surface area contributed by atoms with Crippen molar-refractivity contribution in [1.29, 1.82) is 0 Å². The first-order chi connectivity index (χ1) is 13.7. The number of carbonyl (C=O) groups is 1. The number of rotatable bonds is 6. The normalized spacial score (nSPS) is 26.5. The molecular formula is C23H35N3O2. The van der Waals surface area contributed by atoms with Gasteiger partial charge >= 0.3 is 0 Å². The number of amides is 1. The van der Waals surface area contributed by atoms with E-state index < -0.39 is 0 Å². The summed E-state index contributed by atoms with van der Waals surface area (Å²) in [7, 11) is 0. The Balaban J connectivity index is 1.22. The number of anilines is 1. The van der Waals surface area contributed by atoms with Crippen LogP contribution in [0.1, 0.15) is 51.0 Å². The van der Waals surface area contributed by atoms with E-state index in [1.165, 1.54) is 63.8 Å². The van der Waals surface area contributed by atoms with Crippen LogP contribution in [0.3, 0.4) is 0 Å². The van der Waals surface area contributed by atoms with Crippen molar-refractivity contribution in [2.24, 2.45) is 5.92 Å². The predicted molar refractivity (Wildman–Crippen MR) is 113 cm³/mol. The molecule has 5 nitrogen and oxygen atoms in total. The Hall–Kier alpha value is -1.59. The van der Waals surface area contributed by atoms with Crippen LogP contribution in [0.15, 0.2) is 18.2 Å². The van der Waals surface area contributed by atoms with E-state index in [4.69, 9.17) is 4.74 Å². The van der Waals surface area contributed by atoms with Crippen LogP contribution in [0, 0.1) is 5.92 Å². The van der Waals surface area contributed by atoms with Crippen LogP contribution in [0.5, 0.6) is 5.75 Å². The van der Waals surface area contributed by atoms with Crippen LogP contribution in [0.4, 0.5) is 5.69 Å². The van der Waals surface area contributed by atoms with Gasteiger partial charge in [0.1, 0.15) is 12.4 Å². The lowest BCUT2D eigenvalue weighted by Gasteiger charge is -2.39. The second-order valence-corrected chi connectivity index (χ2v) is 8.86. The van der Waals surface area contributed by atoms with Gasteiger partial charge in [-0.2, -0.15) is 0 Å². The largest absolute Gasteiger partial charge is 0.492 e. The third kappa shape index (κ3) is 5.06. The molecule has 2 fully saturated rings. The molecule has 5 heteroatoms. The van der Waals surface area contributed by atoms with Crippen LogP contribution in [-0.2, 0) is 11.2 Å². The molecule has 0 saturated carbocycles. The molecule has 1 aromatic carbocycles. The zero-order valence-electron chi connectivity index (χ0n) is 17.3. The second-order valence-electron chi connectivity index (χ2n) is 8.86. The molecule has 2 unspecified atom stereocenters. The number of hydrogen-bond donors (Lipinski definition) is 1. The molecule has 1 aromatic rings. The molecule has 0 aromatic heterocycles. The Morgan fingerprint density at radius 1 is 1.14 bits per heavy atom. The second kappa shape index (κ2) is 9.27. The summed E-state index contributed by atoms with van der Waals surface area (Å²) in [5, 5.41) is 2.93.